The highest BCUT2D eigenvalue weighted by Gasteiger charge is 2.23. The summed E-state index contributed by atoms with van der Waals surface area (Å²) in [6, 6.07) is 4.16. The third kappa shape index (κ3) is 1.87. The maximum Gasteiger partial charge on any atom is 0.155 e. The fourth-order valence-corrected chi connectivity index (χ4v) is 2.77. The summed E-state index contributed by atoms with van der Waals surface area (Å²) in [5, 5.41) is 4.69. The Morgan fingerprint density at radius 2 is 2.24 bits per heavy atom. The molecule has 90 valence electrons. The van der Waals surface area contributed by atoms with Crippen molar-refractivity contribution in [3.05, 3.63) is 28.1 Å². The van der Waals surface area contributed by atoms with Crippen molar-refractivity contribution >= 4 is 21.6 Å². The largest absolute Gasteiger partial charge is 0.306 e. The summed E-state index contributed by atoms with van der Waals surface area (Å²) in [6.45, 7) is 4.25. The number of hydrogen-bond acceptors (Lipinski definition) is 3. The maximum atomic E-state index is 4.69. The van der Waals surface area contributed by atoms with Gasteiger partial charge in [0.1, 0.15) is 4.60 Å². The Hall–Kier alpha value is -0.940. The number of imidazole rings is 1. The lowest BCUT2D eigenvalue weighted by molar-refractivity contribution is 0.410. The van der Waals surface area contributed by atoms with E-state index in [4.69, 9.17) is 5.10 Å². The van der Waals surface area contributed by atoms with Crippen LogP contribution in [0.25, 0.3) is 5.65 Å². The molecule has 17 heavy (non-hydrogen) atoms. The van der Waals surface area contributed by atoms with Crippen LogP contribution in [0.4, 0.5) is 0 Å². The fraction of sp³-hybridized carbons (Fsp3) is 0.500. The molecule has 3 heterocycles. The van der Waals surface area contributed by atoms with Gasteiger partial charge in [-0.3, -0.25) is 0 Å². The number of likely N-dealkylation sites (N-methyl/N-ethyl adjacent to an activating group) is 1. The molecule has 1 fully saturated rings. The van der Waals surface area contributed by atoms with Crippen molar-refractivity contribution in [1.29, 1.82) is 0 Å². The lowest BCUT2D eigenvalue weighted by Crippen LogP contribution is -2.14. The molecule has 0 aromatic carbocycles. The van der Waals surface area contributed by atoms with Gasteiger partial charge in [-0.2, -0.15) is 5.10 Å². The van der Waals surface area contributed by atoms with Crippen LogP contribution in [-0.2, 0) is 0 Å². The van der Waals surface area contributed by atoms with Gasteiger partial charge in [0.2, 0.25) is 0 Å². The molecule has 0 radical (unpaired) electrons. The third-order valence-electron chi connectivity index (χ3n) is 3.41. The number of aromatic nitrogens is 3. The second kappa shape index (κ2) is 4.07. The van der Waals surface area contributed by atoms with Crippen LogP contribution < -0.4 is 0 Å². The van der Waals surface area contributed by atoms with Crippen LogP contribution in [0.3, 0.4) is 0 Å². The first-order valence-corrected chi connectivity index (χ1v) is 6.65. The number of halogens is 1. The van der Waals surface area contributed by atoms with Crippen molar-refractivity contribution in [1.82, 2.24) is 19.5 Å². The molecule has 4 nitrogen and oxygen atoms in total. The fourth-order valence-electron chi connectivity index (χ4n) is 2.43. The van der Waals surface area contributed by atoms with Gasteiger partial charge >= 0.3 is 0 Å². The average molecular weight is 295 g/mol. The summed E-state index contributed by atoms with van der Waals surface area (Å²) in [5.41, 5.74) is 3.06. The van der Waals surface area contributed by atoms with Gasteiger partial charge in [0, 0.05) is 12.5 Å². The van der Waals surface area contributed by atoms with E-state index in [0.29, 0.717) is 5.92 Å². The van der Waals surface area contributed by atoms with Crippen LogP contribution in [-0.4, -0.2) is 39.6 Å². The molecule has 3 rings (SSSR count). The molecular weight excluding hydrogens is 280 g/mol. The van der Waals surface area contributed by atoms with Gasteiger partial charge in [-0.05, 0) is 55.0 Å². The van der Waals surface area contributed by atoms with Gasteiger partial charge in [0.15, 0.2) is 5.65 Å². The number of hydrogen-bond donors (Lipinski definition) is 0. The van der Waals surface area contributed by atoms with E-state index in [1.165, 1.54) is 12.1 Å². The Kier molecular flexibility index (Phi) is 2.67. The van der Waals surface area contributed by atoms with Crippen molar-refractivity contribution in [2.24, 2.45) is 0 Å². The number of aryl methyl sites for hydroxylation is 1. The molecule has 2 aromatic heterocycles. The highest BCUT2D eigenvalue weighted by atomic mass is 79.9. The Morgan fingerprint density at radius 3 is 2.94 bits per heavy atom. The third-order valence-corrected chi connectivity index (χ3v) is 4.32. The Morgan fingerprint density at radius 1 is 1.41 bits per heavy atom. The van der Waals surface area contributed by atoms with Crippen molar-refractivity contribution < 1.29 is 0 Å². The van der Waals surface area contributed by atoms with Gasteiger partial charge in [0.25, 0.3) is 0 Å². The van der Waals surface area contributed by atoms with E-state index in [2.05, 4.69) is 45.0 Å². The topological polar surface area (TPSA) is 33.4 Å². The summed E-state index contributed by atoms with van der Waals surface area (Å²) >= 11 is 3.53. The second-order valence-electron chi connectivity index (χ2n) is 4.76. The van der Waals surface area contributed by atoms with Crippen molar-refractivity contribution in [3.8, 4) is 0 Å². The predicted molar refractivity (Wildman–Crippen MR) is 70.3 cm³/mol. The molecule has 0 spiro atoms. The monoisotopic (exact) mass is 294 g/mol. The van der Waals surface area contributed by atoms with Crippen molar-refractivity contribution in [2.75, 3.05) is 20.1 Å². The molecule has 0 amide bonds. The summed E-state index contributed by atoms with van der Waals surface area (Å²) in [6.07, 6.45) is 1.19. The molecule has 0 N–H and O–H groups in total. The van der Waals surface area contributed by atoms with E-state index >= 15 is 0 Å². The predicted octanol–water partition coefficient (Wildman–Crippen LogP) is 2.22. The second-order valence-corrected chi connectivity index (χ2v) is 5.52. The number of likely N-dealkylation sites (tertiary alicyclic amines) is 1. The molecule has 1 aliphatic rings. The summed E-state index contributed by atoms with van der Waals surface area (Å²) in [4.78, 5) is 6.79. The molecule has 5 heteroatoms. The van der Waals surface area contributed by atoms with Crippen molar-refractivity contribution in [3.63, 3.8) is 0 Å². The first-order valence-electron chi connectivity index (χ1n) is 5.85. The molecule has 1 atom stereocenters. The molecule has 1 saturated heterocycles. The Labute approximate surface area is 109 Å². The van der Waals surface area contributed by atoms with Gasteiger partial charge in [-0.15, -0.1) is 0 Å². The molecule has 0 bridgehead atoms. The van der Waals surface area contributed by atoms with Gasteiger partial charge in [-0.1, -0.05) is 0 Å². The van der Waals surface area contributed by atoms with Crippen LogP contribution in [0.15, 0.2) is 16.7 Å². The normalized spacial score (nSPS) is 21.5. The smallest absolute Gasteiger partial charge is 0.155 e. The van der Waals surface area contributed by atoms with E-state index in [9.17, 15) is 0 Å². The zero-order chi connectivity index (χ0) is 12.0. The van der Waals surface area contributed by atoms with Crippen LogP contribution in [0.2, 0.25) is 0 Å². The minimum atomic E-state index is 0.555. The van der Waals surface area contributed by atoms with E-state index < -0.39 is 0 Å². The standard InChI is InChI=1S/C12H15BrN4/c1-8-12(13)17-11(14-8)4-3-10(15-17)9-5-6-16(2)7-9/h3-4,9H,5-7H2,1-2H3. The average Bonchev–Trinajstić information content (AvgIpc) is 2.85. The van der Waals surface area contributed by atoms with E-state index in [1.54, 1.807) is 0 Å². The highest BCUT2D eigenvalue weighted by molar-refractivity contribution is 9.10. The molecule has 2 aromatic rings. The van der Waals surface area contributed by atoms with E-state index in [1.807, 2.05) is 11.4 Å². The van der Waals surface area contributed by atoms with Gasteiger partial charge < -0.3 is 4.90 Å². The maximum absolute atomic E-state index is 4.69. The SMILES string of the molecule is Cc1nc2ccc(C3CCN(C)C3)nn2c1Br. The summed E-state index contributed by atoms with van der Waals surface area (Å²) in [5.74, 6) is 0.555. The Bertz CT molecular complexity index is 563. The molecule has 1 unspecified atom stereocenters. The van der Waals surface area contributed by atoms with Crippen molar-refractivity contribution in [2.45, 2.75) is 19.3 Å². The molecule has 0 saturated carbocycles. The first-order chi connectivity index (χ1) is 8.15. The Balaban J connectivity index is 2.04. The van der Waals surface area contributed by atoms with Gasteiger partial charge in [-0.25, -0.2) is 9.50 Å². The quantitative estimate of drug-likeness (QED) is 0.809. The molecule has 1 aliphatic heterocycles. The summed E-state index contributed by atoms with van der Waals surface area (Å²) in [7, 11) is 2.16. The highest BCUT2D eigenvalue weighted by Crippen LogP contribution is 2.26. The minimum absolute atomic E-state index is 0.555. The molecule has 0 aliphatic carbocycles. The van der Waals surface area contributed by atoms with Crippen LogP contribution in [0, 0.1) is 6.92 Å². The van der Waals surface area contributed by atoms with Crippen LogP contribution in [0.1, 0.15) is 23.7 Å². The lowest BCUT2D eigenvalue weighted by atomic mass is 10.1. The zero-order valence-electron chi connectivity index (χ0n) is 10.0. The van der Waals surface area contributed by atoms with E-state index in [0.717, 1.165) is 29.0 Å². The number of fused-ring (bicyclic) bond motifs is 1. The molecular formula is C12H15BrN4. The minimum Gasteiger partial charge on any atom is -0.306 e. The lowest BCUT2D eigenvalue weighted by Gasteiger charge is -2.09. The zero-order valence-corrected chi connectivity index (χ0v) is 11.6. The van der Waals surface area contributed by atoms with E-state index in [-0.39, 0.29) is 0 Å². The van der Waals surface area contributed by atoms with Crippen LogP contribution in [0.5, 0.6) is 0 Å². The summed E-state index contributed by atoms with van der Waals surface area (Å²) < 4.78 is 2.85. The van der Waals surface area contributed by atoms with Gasteiger partial charge in [0.05, 0.1) is 11.4 Å². The first kappa shape index (κ1) is 11.2. The van der Waals surface area contributed by atoms with Crippen LogP contribution >= 0.6 is 15.9 Å². The number of nitrogens with zero attached hydrogens (tertiary/aromatic N) is 4. The number of rotatable bonds is 1.